The lowest BCUT2D eigenvalue weighted by Crippen LogP contribution is -2.34. The number of para-hydroxylation sites is 1. The van der Waals surface area contributed by atoms with Crippen molar-refractivity contribution in [1.82, 2.24) is 9.62 Å². The number of halogens is 1. The molecule has 0 amide bonds. The molecule has 8 heteroatoms. The van der Waals surface area contributed by atoms with E-state index in [0.29, 0.717) is 0 Å². The molecule has 5 nitrogen and oxygen atoms in total. The molecule has 0 spiro atoms. The second-order valence-electron chi connectivity index (χ2n) is 5.58. The molecule has 1 atom stereocenters. The molecule has 24 heavy (non-hydrogen) atoms. The molecular weight excluding hydrogens is 412 g/mol. The molecule has 0 saturated carbocycles. The van der Waals surface area contributed by atoms with Crippen LogP contribution in [0.15, 0.2) is 54.9 Å². The Kier molecular flexibility index (Phi) is 5.12. The van der Waals surface area contributed by atoms with Crippen LogP contribution in [-0.4, -0.2) is 34.0 Å². The maximum Gasteiger partial charge on any atom is 0.250 e. The highest BCUT2D eigenvalue weighted by Crippen LogP contribution is 2.28. The minimum Gasteiger partial charge on any atom is -0.459 e. The zero-order valence-electron chi connectivity index (χ0n) is 13.2. The summed E-state index contributed by atoms with van der Waals surface area (Å²) in [6.07, 6.45) is 0. The van der Waals surface area contributed by atoms with E-state index < -0.39 is 10.0 Å². The Balaban J connectivity index is 1.82. The first kappa shape index (κ1) is 17.6. The maximum atomic E-state index is 12.4. The molecule has 2 aromatic heterocycles. The number of nitrogens with one attached hydrogen (secondary N) is 1. The van der Waals surface area contributed by atoms with Crippen molar-refractivity contribution >= 4 is 48.3 Å². The highest BCUT2D eigenvalue weighted by atomic mass is 79.9. The van der Waals surface area contributed by atoms with Gasteiger partial charge in [-0.3, -0.25) is 4.90 Å². The Hall–Kier alpha value is -1.19. The van der Waals surface area contributed by atoms with Crippen molar-refractivity contribution < 1.29 is 12.8 Å². The van der Waals surface area contributed by atoms with Crippen molar-refractivity contribution in [3.63, 3.8) is 0 Å². The summed E-state index contributed by atoms with van der Waals surface area (Å²) >= 11 is 4.47. The maximum absolute atomic E-state index is 12.4. The number of nitrogens with zero attached hydrogens (tertiary/aromatic N) is 1. The highest BCUT2D eigenvalue weighted by molar-refractivity contribution is 9.11. The fraction of sp³-hybridized carbons (Fsp3) is 0.250. The topological polar surface area (TPSA) is 62.6 Å². The number of rotatable bonds is 6. The third-order valence-electron chi connectivity index (χ3n) is 3.68. The van der Waals surface area contributed by atoms with E-state index in [0.717, 1.165) is 20.5 Å². The van der Waals surface area contributed by atoms with Gasteiger partial charge in [0.15, 0.2) is 0 Å². The minimum atomic E-state index is -3.54. The van der Waals surface area contributed by atoms with Gasteiger partial charge in [-0.25, -0.2) is 13.1 Å². The summed E-state index contributed by atoms with van der Waals surface area (Å²) in [4.78, 5) is 1.94. The zero-order valence-corrected chi connectivity index (χ0v) is 16.4. The van der Waals surface area contributed by atoms with Crippen molar-refractivity contribution in [1.29, 1.82) is 0 Å². The molecule has 3 rings (SSSR count). The van der Waals surface area contributed by atoms with Crippen LogP contribution in [0.25, 0.3) is 11.0 Å². The number of sulfonamides is 1. The first-order valence-electron chi connectivity index (χ1n) is 7.27. The predicted octanol–water partition coefficient (Wildman–Crippen LogP) is 3.84. The van der Waals surface area contributed by atoms with Crippen molar-refractivity contribution in [3.05, 3.63) is 52.0 Å². The monoisotopic (exact) mass is 428 g/mol. The number of benzene rings is 1. The molecule has 0 unspecified atom stereocenters. The summed E-state index contributed by atoms with van der Waals surface area (Å²) in [5, 5.41) is 1.00. The second-order valence-corrected chi connectivity index (χ2v) is 10.0. The van der Waals surface area contributed by atoms with Crippen molar-refractivity contribution in [2.45, 2.75) is 10.3 Å². The summed E-state index contributed by atoms with van der Waals surface area (Å²) in [6.45, 7) is 0.227. The molecule has 0 aliphatic carbocycles. The number of hydrogen-bond acceptors (Lipinski definition) is 5. The van der Waals surface area contributed by atoms with Gasteiger partial charge in [-0.15, -0.1) is 11.3 Å². The van der Waals surface area contributed by atoms with E-state index in [9.17, 15) is 8.42 Å². The average Bonchev–Trinajstić information content (AvgIpc) is 3.13. The van der Waals surface area contributed by atoms with Gasteiger partial charge < -0.3 is 4.42 Å². The van der Waals surface area contributed by atoms with E-state index in [4.69, 9.17) is 4.42 Å². The fourth-order valence-electron chi connectivity index (χ4n) is 2.41. The molecule has 0 aliphatic rings. The molecular formula is C16H17BrN2O3S2. The van der Waals surface area contributed by atoms with Gasteiger partial charge >= 0.3 is 0 Å². The molecule has 0 bridgehead atoms. The number of thiophene rings is 1. The van der Waals surface area contributed by atoms with Crippen LogP contribution < -0.4 is 4.72 Å². The predicted molar refractivity (Wildman–Crippen MR) is 99.8 cm³/mol. The summed E-state index contributed by atoms with van der Waals surface area (Å²) in [7, 11) is 0.258. The lowest BCUT2D eigenvalue weighted by molar-refractivity contribution is 0.264. The Morgan fingerprint density at radius 3 is 2.62 bits per heavy atom. The van der Waals surface area contributed by atoms with Crippen LogP contribution in [-0.2, 0) is 10.0 Å². The van der Waals surface area contributed by atoms with Crippen LogP contribution in [0.2, 0.25) is 0 Å². The second kappa shape index (κ2) is 6.97. The normalized spacial score (nSPS) is 13.7. The number of furan rings is 1. The molecule has 2 heterocycles. The third-order valence-corrected chi connectivity index (χ3v) is 7.22. The lowest BCUT2D eigenvalue weighted by atomic mass is 10.2. The van der Waals surface area contributed by atoms with Gasteiger partial charge in [0.05, 0.1) is 9.83 Å². The zero-order chi connectivity index (χ0) is 17.3. The van der Waals surface area contributed by atoms with Crippen LogP contribution in [0.5, 0.6) is 0 Å². The summed E-state index contributed by atoms with van der Waals surface area (Å²) in [6, 6.07) is 12.8. The molecule has 0 aliphatic heterocycles. The van der Waals surface area contributed by atoms with Crippen molar-refractivity contribution in [2.75, 3.05) is 20.6 Å². The van der Waals surface area contributed by atoms with Crippen LogP contribution in [0.3, 0.4) is 0 Å². The first-order chi connectivity index (χ1) is 11.4. The smallest absolute Gasteiger partial charge is 0.250 e. The summed E-state index contributed by atoms with van der Waals surface area (Å²) in [5.74, 6) is 0.733. The molecule has 1 N–H and O–H groups in total. The van der Waals surface area contributed by atoms with Gasteiger partial charge in [0.25, 0.3) is 0 Å². The lowest BCUT2D eigenvalue weighted by Gasteiger charge is -2.22. The highest BCUT2D eigenvalue weighted by Gasteiger charge is 2.23. The molecule has 1 aromatic carbocycles. The number of likely N-dealkylation sites (N-methyl/N-ethyl adjacent to an activating group) is 1. The quantitative estimate of drug-likeness (QED) is 0.647. The van der Waals surface area contributed by atoms with E-state index in [1.54, 1.807) is 12.1 Å². The molecule has 128 valence electrons. The Labute approximate surface area is 153 Å². The van der Waals surface area contributed by atoms with Crippen LogP contribution in [0.1, 0.15) is 11.8 Å². The van der Waals surface area contributed by atoms with Gasteiger partial charge in [0.2, 0.25) is 10.0 Å². The van der Waals surface area contributed by atoms with Gasteiger partial charge in [0.1, 0.15) is 15.6 Å². The van der Waals surface area contributed by atoms with E-state index in [1.165, 1.54) is 11.3 Å². The van der Waals surface area contributed by atoms with Crippen molar-refractivity contribution in [2.24, 2.45) is 0 Å². The van der Waals surface area contributed by atoms with Gasteiger partial charge in [-0.2, -0.15) is 0 Å². The average molecular weight is 429 g/mol. The number of fused-ring (bicyclic) bond motifs is 1. The van der Waals surface area contributed by atoms with Gasteiger partial charge in [0, 0.05) is 11.9 Å². The van der Waals surface area contributed by atoms with E-state index in [-0.39, 0.29) is 16.8 Å². The number of hydrogen-bond donors (Lipinski definition) is 1. The summed E-state index contributed by atoms with van der Waals surface area (Å²) in [5.41, 5.74) is 0.796. The minimum absolute atomic E-state index is 0.199. The van der Waals surface area contributed by atoms with Crippen LogP contribution in [0, 0.1) is 0 Å². The van der Waals surface area contributed by atoms with Crippen LogP contribution >= 0.6 is 27.3 Å². The van der Waals surface area contributed by atoms with Crippen molar-refractivity contribution in [3.8, 4) is 0 Å². The first-order valence-corrected chi connectivity index (χ1v) is 10.4. The SMILES string of the molecule is CN(C)[C@H](CNS(=O)(=O)c1ccc(Br)s1)c1cc2ccccc2o1. The van der Waals surface area contributed by atoms with Gasteiger partial charge in [-0.1, -0.05) is 18.2 Å². The standard InChI is InChI=1S/C16H17BrN2O3S2/c1-19(2)12(14-9-11-5-3-4-6-13(11)22-14)10-18-24(20,21)16-8-7-15(17)23-16/h3-9,12,18H,10H2,1-2H3/t12-/m1/s1. The Morgan fingerprint density at radius 1 is 1.25 bits per heavy atom. The molecule has 0 saturated heterocycles. The molecule has 0 fully saturated rings. The van der Waals surface area contributed by atoms with E-state index >= 15 is 0 Å². The fourth-order valence-corrected chi connectivity index (χ4v) is 5.50. The Morgan fingerprint density at radius 2 is 2.00 bits per heavy atom. The molecule has 3 aromatic rings. The van der Waals surface area contributed by atoms with E-state index in [2.05, 4.69) is 20.7 Å². The van der Waals surface area contributed by atoms with Crippen LogP contribution in [0.4, 0.5) is 0 Å². The Bertz CT molecular complexity index is 914. The molecule has 0 radical (unpaired) electrons. The van der Waals surface area contributed by atoms with Gasteiger partial charge in [-0.05, 0) is 54.3 Å². The largest absolute Gasteiger partial charge is 0.459 e. The third kappa shape index (κ3) is 3.73. The summed E-state index contributed by atoms with van der Waals surface area (Å²) < 4.78 is 34.4. The van der Waals surface area contributed by atoms with E-state index in [1.807, 2.05) is 49.3 Å².